The van der Waals surface area contributed by atoms with Crippen molar-refractivity contribution in [3.8, 4) is 0 Å². The largest absolute Gasteiger partial charge is 0.338 e. The van der Waals surface area contributed by atoms with E-state index in [0.717, 1.165) is 28.0 Å². The molecule has 0 saturated carbocycles. The van der Waals surface area contributed by atoms with Gasteiger partial charge < -0.3 is 10.2 Å². The second kappa shape index (κ2) is 9.28. The second-order valence-electron chi connectivity index (χ2n) is 8.43. The van der Waals surface area contributed by atoms with Crippen LogP contribution in [-0.4, -0.2) is 46.8 Å². The summed E-state index contributed by atoms with van der Waals surface area (Å²) < 4.78 is 0. The fourth-order valence-electron chi connectivity index (χ4n) is 4.74. The number of fused-ring (bicyclic) bond motifs is 2. The van der Waals surface area contributed by atoms with E-state index in [-0.39, 0.29) is 17.6 Å². The normalized spacial score (nSPS) is 22.8. The first-order valence-corrected chi connectivity index (χ1v) is 12.0. The van der Waals surface area contributed by atoms with Gasteiger partial charge in [-0.2, -0.15) is 0 Å². The fraction of sp³-hybridized carbons (Fsp3) is 0.360. The molecule has 0 bridgehead atoms. The summed E-state index contributed by atoms with van der Waals surface area (Å²) in [7, 11) is 0. The minimum Gasteiger partial charge on any atom is -0.338 e. The summed E-state index contributed by atoms with van der Waals surface area (Å²) in [5.74, 6) is 1.34. The Morgan fingerprint density at radius 2 is 2.12 bits per heavy atom. The highest BCUT2D eigenvalue weighted by Crippen LogP contribution is 2.41. The number of carbonyl (C=O) groups is 3. The lowest BCUT2D eigenvalue weighted by atomic mass is 9.98. The third kappa shape index (κ3) is 4.48. The number of aryl methyl sites for hydroxylation is 1. The van der Waals surface area contributed by atoms with Gasteiger partial charge in [0.1, 0.15) is 5.82 Å². The smallest absolute Gasteiger partial charge is 0.246 e. The van der Waals surface area contributed by atoms with Crippen LogP contribution in [0.5, 0.6) is 0 Å². The molecular weight excluding hydrogens is 422 g/mol. The van der Waals surface area contributed by atoms with Gasteiger partial charge >= 0.3 is 0 Å². The van der Waals surface area contributed by atoms with Gasteiger partial charge in [0.15, 0.2) is 5.78 Å². The molecule has 2 atom stereocenters. The highest BCUT2D eigenvalue weighted by atomic mass is 32.2. The Morgan fingerprint density at radius 1 is 1.31 bits per heavy atom. The highest BCUT2D eigenvalue weighted by molar-refractivity contribution is 8.03. The summed E-state index contributed by atoms with van der Waals surface area (Å²) in [6.07, 6.45) is 13.0. The predicted molar refractivity (Wildman–Crippen MR) is 128 cm³/mol. The number of nitrogens with zero attached hydrogens (tertiary/aromatic N) is 2. The summed E-state index contributed by atoms with van der Waals surface area (Å²) >= 11 is 1.46. The Labute approximate surface area is 192 Å². The van der Waals surface area contributed by atoms with E-state index in [1.807, 2.05) is 17.2 Å². The first-order valence-electron chi connectivity index (χ1n) is 10.8. The van der Waals surface area contributed by atoms with Crippen LogP contribution in [0.4, 0.5) is 5.82 Å². The van der Waals surface area contributed by atoms with E-state index in [2.05, 4.69) is 23.0 Å². The zero-order valence-corrected chi connectivity index (χ0v) is 19.2. The number of nitrogens with one attached hydrogen (secondary N) is 1. The number of rotatable bonds is 6. The number of Topliss-reactive ketones (excluding diaryl/α,β-unsaturated/α-hetero) is 1. The molecule has 6 nitrogen and oxygen atoms in total. The minimum absolute atomic E-state index is 0.00611. The van der Waals surface area contributed by atoms with E-state index in [1.165, 1.54) is 17.3 Å². The molecule has 3 heterocycles. The van der Waals surface area contributed by atoms with Crippen LogP contribution in [-0.2, 0) is 20.8 Å². The molecule has 2 unspecified atom stereocenters. The van der Waals surface area contributed by atoms with Crippen molar-refractivity contribution in [3.63, 3.8) is 0 Å². The lowest BCUT2D eigenvalue weighted by molar-refractivity contribution is -0.125. The van der Waals surface area contributed by atoms with Gasteiger partial charge in [-0.05, 0) is 72.3 Å². The van der Waals surface area contributed by atoms with Crippen molar-refractivity contribution in [2.75, 3.05) is 24.7 Å². The molecule has 2 amide bonds. The van der Waals surface area contributed by atoms with Crippen LogP contribution in [0.15, 0.2) is 53.1 Å². The first-order chi connectivity index (χ1) is 15.4. The number of hydrogen-bond acceptors (Lipinski definition) is 5. The monoisotopic (exact) mass is 449 g/mol. The van der Waals surface area contributed by atoms with Crippen LogP contribution in [0.3, 0.4) is 0 Å². The van der Waals surface area contributed by atoms with Crippen LogP contribution in [0, 0.1) is 11.8 Å². The second-order valence-corrected chi connectivity index (χ2v) is 9.24. The average molecular weight is 450 g/mol. The van der Waals surface area contributed by atoms with Crippen molar-refractivity contribution in [3.05, 3.63) is 64.2 Å². The molecule has 1 aromatic rings. The van der Waals surface area contributed by atoms with Gasteiger partial charge in [0, 0.05) is 31.8 Å². The van der Waals surface area contributed by atoms with E-state index >= 15 is 0 Å². The molecule has 1 saturated heterocycles. The van der Waals surface area contributed by atoms with Crippen LogP contribution < -0.4 is 5.32 Å². The van der Waals surface area contributed by atoms with Gasteiger partial charge in [0.05, 0.1) is 4.91 Å². The summed E-state index contributed by atoms with van der Waals surface area (Å²) in [6, 6.07) is 1.97. The average Bonchev–Trinajstić information content (AvgIpc) is 3.34. The SMILES string of the molecule is C=C/C(C1=CC2CN(C(=O)/C=C/c3cnc4c(c3)CCC(=O)N4)CC2C1)=C(\SC)C(C)=O. The van der Waals surface area contributed by atoms with Crippen molar-refractivity contribution in [1.29, 1.82) is 0 Å². The number of ketones is 1. The molecule has 1 fully saturated rings. The molecule has 32 heavy (non-hydrogen) atoms. The van der Waals surface area contributed by atoms with E-state index < -0.39 is 0 Å². The molecule has 1 aliphatic carbocycles. The topological polar surface area (TPSA) is 79.4 Å². The quantitative estimate of drug-likeness (QED) is 0.528. The van der Waals surface area contributed by atoms with Gasteiger partial charge in [-0.25, -0.2) is 4.98 Å². The summed E-state index contributed by atoms with van der Waals surface area (Å²) in [5.41, 5.74) is 3.95. The standard InChI is InChI=1S/C25H27N3O3S/c1-4-21(24(32-3)15(2)29)18-10-19-13-28(14-20(19)11-18)23(31)8-5-16-9-17-6-7-22(30)27-25(17)26-12-16/h4-5,8-10,12,19-20H,1,6-7,11,13-14H2,2-3H3,(H,26,27,30)/b8-5+,24-21+. The lowest BCUT2D eigenvalue weighted by Gasteiger charge is -2.17. The minimum atomic E-state index is -0.0121. The first kappa shape index (κ1) is 22.3. The van der Waals surface area contributed by atoms with Crippen LogP contribution in [0.1, 0.15) is 30.9 Å². The van der Waals surface area contributed by atoms with Crippen LogP contribution in [0.2, 0.25) is 0 Å². The number of amides is 2. The number of anilines is 1. The summed E-state index contributed by atoms with van der Waals surface area (Å²) in [4.78, 5) is 43.1. The summed E-state index contributed by atoms with van der Waals surface area (Å²) in [5, 5.41) is 2.77. The fourth-order valence-corrected chi connectivity index (χ4v) is 5.46. The molecule has 1 N–H and O–H groups in total. The third-order valence-electron chi connectivity index (χ3n) is 6.30. The molecule has 0 aromatic carbocycles. The molecular formula is C25H27N3O3S. The van der Waals surface area contributed by atoms with E-state index in [0.29, 0.717) is 43.6 Å². The number of pyridine rings is 1. The molecule has 2 aliphatic heterocycles. The predicted octanol–water partition coefficient (Wildman–Crippen LogP) is 3.78. The number of allylic oxidation sites excluding steroid dienone is 4. The zero-order valence-electron chi connectivity index (χ0n) is 18.4. The van der Waals surface area contributed by atoms with Crippen molar-refractivity contribution in [2.24, 2.45) is 11.8 Å². The number of thioether (sulfide) groups is 1. The van der Waals surface area contributed by atoms with Gasteiger partial charge in [0.2, 0.25) is 11.8 Å². The zero-order chi connectivity index (χ0) is 22.8. The van der Waals surface area contributed by atoms with Gasteiger partial charge in [-0.1, -0.05) is 18.7 Å². The molecule has 0 radical (unpaired) electrons. The van der Waals surface area contributed by atoms with Gasteiger partial charge in [-0.3, -0.25) is 14.4 Å². The Kier molecular flexibility index (Phi) is 6.46. The van der Waals surface area contributed by atoms with E-state index in [9.17, 15) is 14.4 Å². The number of likely N-dealkylation sites (tertiary alicyclic amines) is 1. The Balaban J connectivity index is 1.42. The Bertz CT molecular complexity index is 1090. The van der Waals surface area contributed by atoms with Crippen molar-refractivity contribution in [1.82, 2.24) is 9.88 Å². The number of hydrogen-bond donors (Lipinski definition) is 1. The van der Waals surface area contributed by atoms with Crippen molar-refractivity contribution in [2.45, 2.75) is 26.2 Å². The van der Waals surface area contributed by atoms with E-state index in [4.69, 9.17) is 0 Å². The maximum atomic E-state index is 12.8. The van der Waals surface area contributed by atoms with Gasteiger partial charge in [-0.15, -0.1) is 11.8 Å². The van der Waals surface area contributed by atoms with Gasteiger partial charge in [0.25, 0.3) is 0 Å². The molecule has 4 rings (SSSR count). The highest BCUT2D eigenvalue weighted by Gasteiger charge is 2.38. The lowest BCUT2D eigenvalue weighted by Crippen LogP contribution is -2.27. The Hall–Kier alpha value is -2.93. The Morgan fingerprint density at radius 3 is 2.81 bits per heavy atom. The maximum absolute atomic E-state index is 12.8. The number of carbonyl (C=O) groups excluding carboxylic acids is 3. The molecule has 0 spiro atoms. The maximum Gasteiger partial charge on any atom is 0.246 e. The molecule has 3 aliphatic rings. The molecule has 1 aromatic heterocycles. The third-order valence-corrected chi connectivity index (χ3v) is 7.22. The van der Waals surface area contributed by atoms with E-state index in [1.54, 1.807) is 31.3 Å². The van der Waals surface area contributed by atoms with Crippen LogP contribution in [0.25, 0.3) is 6.08 Å². The van der Waals surface area contributed by atoms with Crippen LogP contribution >= 0.6 is 11.8 Å². The number of aromatic nitrogens is 1. The molecule has 166 valence electrons. The summed E-state index contributed by atoms with van der Waals surface area (Å²) in [6.45, 7) is 6.90. The molecule has 7 heteroatoms. The van der Waals surface area contributed by atoms with Crippen molar-refractivity contribution >= 4 is 41.3 Å². The van der Waals surface area contributed by atoms with Crippen molar-refractivity contribution < 1.29 is 14.4 Å².